The molecular formula is C19H32N2. The van der Waals surface area contributed by atoms with Gasteiger partial charge in [0.1, 0.15) is 0 Å². The van der Waals surface area contributed by atoms with Gasteiger partial charge < -0.3 is 10.2 Å². The van der Waals surface area contributed by atoms with E-state index in [1.54, 1.807) is 38.5 Å². The summed E-state index contributed by atoms with van der Waals surface area (Å²) in [5, 5.41) is 3.81. The van der Waals surface area contributed by atoms with E-state index in [1.165, 1.54) is 32.2 Å². The Morgan fingerprint density at radius 3 is 1.90 bits per heavy atom. The molecule has 6 fully saturated rings. The normalized spacial score (nSPS) is 54.6. The van der Waals surface area contributed by atoms with Gasteiger partial charge in [0.2, 0.25) is 0 Å². The highest BCUT2D eigenvalue weighted by Gasteiger charge is 2.51. The van der Waals surface area contributed by atoms with Crippen molar-refractivity contribution >= 4 is 0 Å². The Hall–Kier alpha value is -0.0800. The van der Waals surface area contributed by atoms with Crippen LogP contribution >= 0.6 is 0 Å². The molecule has 2 atom stereocenters. The number of nitrogens with one attached hydrogen (secondary N) is 1. The Morgan fingerprint density at radius 2 is 1.38 bits per heavy atom. The highest BCUT2D eigenvalue weighted by molar-refractivity contribution is 5.03. The predicted octanol–water partition coefficient (Wildman–Crippen LogP) is 3.42. The maximum atomic E-state index is 3.81. The van der Waals surface area contributed by atoms with Crippen LogP contribution in [0.15, 0.2) is 0 Å². The summed E-state index contributed by atoms with van der Waals surface area (Å²) >= 11 is 0. The van der Waals surface area contributed by atoms with Crippen molar-refractivity contribution in [1.29, 1.82) is 0 Å². The molecule has 6 bridgehead atoms. The summed E-state index contributed by atoms with van der Waals surface area (Å²) in [6.45, 7) is 1.42. The zero-order valence-electron chi connectivity index (χ0n) is 13.7. The Bertz CT molecular complexity index is 371. The first-order valence-electron chi connectivity index (χ1n) is 9.64. The first-order chi connectivity index (χ1) is 10.2. The molecule has 6 aliphatic rings. The minimum Gasteiger partial charge on any atom is -0.311 e. The van der Waals surface area contributed by atoms with Crippen LogP contribution in [0.5, 0.6) is 0 Å². The Balaban J connectivity index is 1.29. The lowest BCUT2D eigenvalue weighted by atomic mass is 9.49. The average Bonchev–Trinajstić information content (AvgIpc) is 2.75. The highest BCUT2D eigenvalue weighted by atomic mass is 15.2. The molecule has 2 nitrogen and oxygen atoms in total. The maximum Gasteiger partial charge on any atom is 0.0122 e. The quantitative estimate of drug-likeness (QED) is 0.856. The van der Waals surface area contributed by atoms with Gasteiger partial charge in [-0.3, -0.25) is 0 Å². The standard InChI is InChI=1S/C19H32N2/c1-21(18-7-16-2-3-17(8-18)20-16)12-19-9-13-4-14(10-19)6-15(5-13)11-19/h13-18,20H,2-12H2,1H3. The molecule has 6 rings (SSSR count). The summed E-state index contributed by atoms with van der Waals surface area (Å²) < 4.78 is 0. The van der Waals surface area contributed by atoms with Gasteiger partial charge in [-0.05, 0) is 94.4 Å². The van der Waals surface area contributed by atoms with Crippen molar-refractivity contribution in [3.05, 3.63) is 0 Å². The van der Waals surface area contributed by atoms with Crippen LogP contribution in [0, 0.1) is 23.2 Å². The monoisotopic (exact) mass is 288 g/mol. The molecule has 2 saturated heterocycles. The van der Waals surface area contributed by atoms with Gasteiger partial charge in [-0.15, -0.1) is 0 Å². The second kappa shape index (κ2) is 4.71. The molecule has 0 amide bonds. The Labute approximate surface area is 130 Å². The molecule has 118 valence electrons. The summed E-state index contributed by atoms with van der Waals surface area (Å²) in [6, 6.07) is 2.55. The Morgan fingerprint density at radius 1 is 0.857 bits per heavy atom. The molecule has 0 aromatic rings. The summed E-state index contributed by atoms with van der Waals surface area (Å²) in [6.07, 6.45) is 15.2. The summed E-state index contributed by atoms with van der Waals surface area (Å²) in [4.78, 5) is 2.80. The van der Waals surface area contributed by atoms with Crippen LogP contribution in [0.25, 0.3) is 0 Å². The molecule has 4 aliphatic carbocycles. The molecule has 0 aromatic carbocycles. The van der Waals surface area contributed by atoms with E-state index in [9.17, 15) is 0 Å². The van der Waals surface area contributed by atoms with E-state index < -0.39 is 0 Å². The van der Waals surface area contributed by atoms with E-state index in [1.807, 2.05) is 0 Å². The molecule has 0 aromatic heterocycles. The van der Waals surface area contributed by atoms with E-state index in [2.05, 4.69) is 17.3 Å². The fraction of sp³-hybridized carbons (Fsp3) is 1.00. The number of fused-ring (bicyclic) bond motifs is 2. The fourth-order valence-electron chi connectivity index (χ4n) is 7.53. The minimum absolute atomic E-state index is 0.730. The van der Waals surface area contributed by atoms with Crippen molar-refractivity contribution in [1.82, 2.24) is 10.2 Å². The first kappa shape index (κ1) is 13.4. The van der Waals surface area contributed by atoms with Crippen LogP contribution in [0.3, 0.4) is 0 Å². The van der Waals surface area contributed by atoms with Crippen molar-refractivity contribution in [3.63, 3.8) is 0 Å². The third-order valence-corrected chi connectivity index (χ3v) is 7.82. The SMILES string of the molecule is CN(CC12CC3CC(CC(C3)C1)C2)C1CC2CCC(C1)N2. The molecular weight excluding hydrogens is 256 g/mol. The van der Waals surface area contributed by atoms with Gasteiger partial charge >= 0.3 is 0 Å². The minimum atomic E-state index is 0.730. The molecule has 0 spiro atoms. The molecule has 1 N–H and O–H groups in total. The molecule has 4 saturated carbocycles. The maximum absolute atomic E-state index is 3.81. The first-order valence-corrected chi connectivity index (χ1v) is 9.64. The lowest BCUT2D eigenvalue weighted by Crippen LogP contribution is -2.54. The van der Waals surface area contributed by atoms with Crippen LogP contribution in [0.2, 0.25) is 0 Å². The largest absolute Gasteiger partial charge is 0.311 e. The van der Waals surface area contributed by atoms with Gasteiger partial charge in [-0.2, -0.15) is 0 Å². The topological polar surface area (TPSA) is 15.3 Å². The van der Waals surface area contributed by atoms with Crippen LogP contribution in [0.4, 0.5) is 0 Å². The molecule has 21 heavy (non-hydrogen) atoms. The van der Waals surface area contributed by atoms with Gasteiger partial charge in [-0.1, -0.05) is 0 Å². The van der Waals surface area contributed by atoms with Crippen molar-refractivity contribution < 1.29 is 0 Å². The van der Waals surface area contributed by atoms with E-state index in [0.29, 0.717) is 0 Å². The number of piperidine rings is 1. The lowest BCUT2D eigenvalue weighted by molar-refractivity contribution is -0.0727. The number of nitrogens with zero attached hydrogens (tertiary/aromatic N) is 1. The third kappa shape index (κ3) is 2.28. The molecule has 0 radical (unpaired) electrons. The van der Waals surface area contributed by atoms with Crippen molar-refractivity contribution in [2.75, 3.05) is 13.6 Å². The average molecular weight is 288 g/mol. The fourth-order valence-corrected chi connectivity index (χ4v) is 7.53. The van der Waals surface area contributed by atoms with Crippen molar-refractivity contribution in [3.8, 4) is 0 Å². The van der Waals surface area contributed by atoms with Crippen LogP contribution in [-0.2, 0) is 0 Å². The van der Waals surface area contributed by atoms with Crippen molar-refractivity contribution in [2.45, 2.75) is 82.3 Å². The third-order valence-electron chi connectivity index (χ3n) is 7.82. The summed E-state index contributed by atoms with van der Waals surface area (Å²) in [7, 11) is 2.45. The molecule has 2 heteroatoms. The number of rotatable bonds is 3. The van der Waals surface area contributed by atoms with E-state index in [4.69, 9.17) is 0 Å². The Kier molecular flexibility index (Phi) is 3.00. The van der Waals surface area contributed by atoms with Crippen LogP contribution in [0.1, 0.15) is 64.2 Å². The molecule has 2 unspecified atom stereocenters. The summed E-state index contributed by atoms with van der Waals surface area (Å²) in [5.41, 5.74) is 0.730. The predicted molar refractivity (Wildman–Crippen MR) is 86.2 cm³/mol. The van der Waals surface area contributed by atoms with E-state index >= 15 is 0 Å². The highest BCUT2D eigenvalue weighted by Crippen LogP contribution is 2.60. The molecule has 2 aliphatic heterocycles. The zero-order valence-corrected chi connectivity index (χ0v) is 13.7. The van der Waals surface area contributed by atoms with Crippen molar-refractivity contribution in [2.24, 2.45) is 23.2 Å². The lowest BCUT2D eigenvalue weighted by Gasteiger charge is -2.58. The van der Waals surface area contributed by atoms with E-state index in [-0.39, 0.29) is 0 Å². The second-order valence-electron chi connectivity index (χ2n) is 9.60. The zero-order chi connectivity index (χ0) is 14.0. The molecule has 2 heterocycles. The van der Waals surface area contributed by atoms with Gasteiger partial charge in [0.25, 0.3) is 0 Å². The summed E-state index contributed by atoms with van der Waals surface area (Å²) in [5.74, 6) is 3.32. The van der Waals surface area contributed by atoms with Gasteiger partial charge in [0, 0.05) is 24.7 Å². The second-order valence-corrected chi connectivity index (χ2v) is 9.60. The van der Waals surface area contributed by atoms with E-state index in [0.717, 1.165) is 41.3 Å². The number of hydrogen-bond acceptors (Lipinski definition) is 2. The van der Waals surface area contributed by atoms with Crippen LogP contribution < -0.4 is 5.32 Å². The van der Waals surface area contributed by atoms with Gasteiger partial charge in [0.15, 0.2) is 0 Å². The number of hydrogen-bond donors (Lipinski definition) is 1. The van der Waals surface area contributed by atoms with Gasteiger partial charge in [-0.25, -0.2) is 0 Å². The smallest absolute Gasteiger partial charge is 0.0122 e. The van der Waals surface area contributed by atoms with Gasteiger partial charge in [0.05, 0.1) is 0 Å². The van der Waals surface area contributed by atoms with Crippen LogP contribution in [-0.4, -0.2) is 36.6 Å².